The van der Waals surface area contributed by atoms with Crippen molar-refractivity contribution in [3.63, 3.8) is 0 Å². The third-order valence-electron chi connectivity index (χ3n) is 5.14. The van der Waals surface area contributed by atoms with Crippen LogP contribution in [0.25, 0.3) is 0 Å². The fraction of sp³-hybridized carbons (Fsp3) is 0.381. The van der Waals surface area contributed by atoms with Crippen LogP contribution in [0.2, 0.25) is 0 Å². The van der Waals surface area contributed by atoms with E-state index in [1.807, 2.05) is 23.1 Å². The average molecular weight is 387 g/mol. The van der Waals surface area contributed by atoms with E-state index >= 15 is 0 Å². The number of likely N-dealkylation sites (tertiary alicyclic amines) is 1. The van der Waals surface area contributed by atoms with Crippen molar-refractivity contribution in [3.05, 3.63) is 65.7 Å². The third kappa shape index (κ3) is 4.96. The van der Waals surface area contributed by atoms with E-state index in [2.05, 4.69) is 16.9 Å². The lowest BCUT2D eigenvalue weighted by molar-refractivity contribution is -0.131. The van der Waals surface area contributed by atoms with Gasteiger partial charge < -0.3 is 4.90 Å². The molecule has 27 heavy (non-hydrogen) atoms. The molecule has 0 bridgehead atoms. The Bertz CT molecular complexity index is 864. The Morgan fingerprint density at radius 2 is 1.78 bits per heavy atom. The zero-order chi connectivity index (χ0) is 19.3. The Morgan fingerprint density at radius 3 is 2.44 bits per heavy atom. The average Bonchev–Trinajstić information content (AvgIpc) is 3.15. The van der Waals surface area contributed by atoms with Crippen LogP contribution in [0.15, 0.2) is 59.5 Å². The predicted octanol–water partition coefficient (Wildman–Crippen LogP) is 2.76. The summed E-state index contributed by atoms with van der Waals surface area (Å²) in [6.07, 6.45) is 4.08. The zero-order valence-corrected chi connectivity index (χ0v) is 16.4. The minimum absolute atomic E-state index is 0.181. The summed E-state index contributed by atoms with van der Waals surface area (Å²) in [5.74, 6) is 0.181. The van der Waals surface area contributed by atoms with Gasteiger partial charge in [0.2, 0.25) is 15.9 Å². The van der Waals surface area contributed by atoms with Crippen LogP contribution in [0.4, 0.5) is 0 Å². The van der Waals surface area contributed by atoms with Crippen molar-refractivity contribution in [2.24, 2.45) is 0 Å². The fourth-order valence-electron chi connectivity index (χ4n) is 3.61. The van der Waals surface area contributed by atoms with Crippen LogP contribution in [0.5, 0.6) is 0 Å². The van der Waals surface area contributed by atoms with Gasteiger partial charge >= 0.3 is 0 Å². The molecule has 2 aromatic rings. The summed E-state index contributed by atoms with van der Waals surface area (Å²) in [5, 5.41) is 0. The number of nitrogens with zero attached hydrogens (tertiary/aromatic N) is 1. The number of carbonyl (C=O) groups excluding carboxylic acids is 1. The molecule has 6 heteroatoms. The minimum Gasteiger partial charge on any atom is -0.339 e. The maximum atomic E-state index is 12.7. The second-order valence-corrected chi connectivity index (χ2v) is 8.81. The van der Waals surface area contributed by atoms with Gasteiger partial charge in [-0.05, 0) is 56.0 Å². The molecule has 0 spiro atoms. The van der Waals surface area contributed by atoms with Crippen molar-refractivity contribution < 1.29 is 13.2 Å². The van der Waals surface area contributed by atoms with Crippen molar-refractivity contribution in [1.82, 2.24) is 9.62 Å². The molecule has 1 aliphatic heterocycles. The molecule has 1 unspecified atom stereocenters. The molecule has 1 fully saturated rings. The van der Waals surface area contributed by atoms with E-state index in [0.717, 1.165) is 31.4 Å². The molecule has 1 aliphatic rings. The number of hydrogen-bond donors (Lipinski definition) is 1. The Labute approximate surface area is 161 Å². The summed E-state index contributed by atoms with van der Waals surface area (Å²) in [6.45, 7) is 0.829. The zero-order valence-electron chi connectivity index (χ0n) is 15.6. The minimum atomic E-state index is -3.42. The number of nitrogens with one attached hydrogen (secondary N) is 1. The van der Waals surface area contributed by atoms with Crippen LogP contribution in [-0.2, 0) is 27.7 Å². The summed E-state index contributed by atoms with van der Waals surface area (Å²) in [5.41, 5.74) is 2.24. The van der Waals surface area contributed by atoms with Crippen molar-refractivity contribution >= 4 is 15.9 Å². The van der Waals surface area contributed by atoms with Crippen LogP contribution in [0, 0.1) is 0 Å². The molecule has 1 amide bonds. The summed E-state index contributed by atoms with van der Waals surface area (Å²) >= 11 is 0. The number of amides is 1. The largest absolute Gasteiger partial charge is 0.339 e. The van der Waals surface area contributed by atoms with E-state index in [1.54, 1.807) is 24.3 Å². The second-order valence-electron chi connectivity index (χ2n) is 6.92. The molecule has 2 aromatic carbocycles. The highest BCUT2D eigenvalue weighted by Crippen LogP contribution is 2.22. The summed E-state index contributed by atoms with van der Waals surface area (Å²) < 4.78 is 25.8. The van der Waals surface area contributed by atoms with Gasteiger partial charge in [0.25, 0.3) is 0 Å². The lowest BCUT2D eigenvalue weighted by Crippen LogP contribution is -2.36. The molecular formula is C21H26N2O3S. The SMILES string of the molecule is CNS(=O)(=O)c1ccc(CCC(=O)N2CCCC2Cc2ccccc2)cc1. The first-order valence-corrected chi connectivity index (χ1v) is 10.8. The van der Waals surface area contributed by atoms with Crippen LogP contribution >= 0.6 is 0 Å². The lowest BCUT2D eigenvalue weighted by atomic mass is 10.0. The number of hydrogen-bond acceptors (Lipinski definition) is 3. The molecule has 1 saturated heterocycles. The normalized spacial score (nSPS) is 17.2. The Balaban J connectivity index is 1.57. The van der Waals surface area contributed by atoms with Crippen molar-refractivity contribution in [2.45, 2.75) is 43.0 Å². The van der Waals surface area contributed by atoms with Gasteiger partial charge in [-0.1, -0.05) is 42.5 Å². The monoisotopic (exact) mass is 386 g/mol. The van der Waals surface area contributed by atoms with E-state index in [1.165, 1.54) is 12.6 Å². The Kier molecular flexibility index (Phi) is 6.29. The summed E-state index contributed by atoms with van der Waals surface area (Å²) in [6, 6.07) is 17.3. The van der Waals surface area contributed by atoms with Crippen molar-refractivity contribution in [2.75, 3.05) is 13.6 Å². The summed E-state index contributed by atoms with van der Waals surface area (Å²) in [4.78, 5) is 15.0. The highest BCUT2D eigenvalue weighted by atomic mass is 32.2. The van der Waals surface area contributed by atoms with Crippen molar-refractivity contribution in [1.29, 1.82) is 0 Å². The van der Waals surface area contributed by atoms with Gasteiger partial charge in [-0.15, -0.1) is 0 Å². The van der Waals surface area contributed by atoms with Crippen LogP contribution in [0.1, 0.15) is 30.4 Å². The lowest BCUT2D eigenvalue weighted by Gasteiger charge is -2.25. The Hall–Kier alpha value is -2.18. The number of aryl methyl sites for hydroxylation is 1. The van der Waals surface area contributed by atoms with Gasteiger partial charge in [-0.25, -0.2) is 13.1 Å². The highest BCUT2D eigenvalue weighted by molar-refractivity contribution is 7.89. The van der Waals surface area contributed by atoms with Crippen molar-refractivity contribution in [3.8, 4) is 0 Å². The van der Waals surface area contributed by atoms with Crippen LogP contribution < -0.4 is 4.72 Å². The second kappa shape index (κ2) is 8.67. The van der Waals surface area contributed by atoms with Gasteiger partial charge in [0.05, 0.1) is 4.90 Å². The van der Waals surface area contributed by atoms with E-state index in [4.69, 9.17) is 0 Å². The molecule has 0 saturated carbocycles. The van der Waals surface area contributed by atoms with Gasteiger partial charge in [0, 0.05) is 19.0 Å². The van der Waals surface area contributed by atoms with Gasteiger partial charge in [0.1, 0.15) is 0 Å². The van der Waals surface area contributed by atoms with Gasteiger partial charge in [-0.2, -0.15) is 0 Å². The first-order valence-electron chi connectivity index (χ1n) is 9.35. The third-order valence-corrected chi connectivity index (χ3v) is 6.57. The molecule has 1 N–H and O–H groups in total. The smallest absolute Gasteiger partial charge is 0.240 e. The molecule has 0 radical (unpaired) electrons. The number of carbonyl (C=O) groups is 1. The van der Waals surface area contributed by atoms with E-state index < -0.39 is 10.0 Å². The van der Waals surface area contributed by atoms with E-state index in [0.29, 0.717) is 12.8 Å². The quantitative estimate of drug-likeness (QED) is 0.796. The Morgan fingerprint density at radius 1 is 1.07 bits per heavy atom. The topological polar surface area (TPSA) is 66.5 Å². The number of rotatable bonds is 7. The fourth-order valence-corrected chi connectivity index (χ4v) is 4.34. The van der Waals surface area contributed by atoms with Crippen LogP contribution in [-0.4, -0.2) is 38.9 Å². The van der Waals surface area contributed by atoms with Gasteiger partial charge in [-0.3, -0.25) is 4.79 Å². The molecular weight excluding hydrogens is 360 g/mol. The molecule has 0 aliphatic carbocycles. The first kappa shape index (κ1) is 19.6. The van der Waals surface area contributed by atoms with E-state index in [-0.39, 0.29) is 16.8 Å². The molecule has 0 aromatic heterocycles. The maximum absolute atomic E-state index is 12.7. The standard InChI is InChI=1S/C21H26N2O3S/c1-22-27(25,26)20-12-9-17(10-13-20)11-14-21(24)23-15-5-8-19(23)16-18-6-3-2-4-7-18/h2-4,6-7,9-10,12-13,19,22H,5,8,11,14-16H2,1H3. The first-order chi connectivity index (χ1) is 13.0. The highest BCUT2D eigenvalue weighted by Gasteiger charge is 2.28. The van der Waals surface area contributed by atoms with E-state index in [9.17, 15) is 13.2 Å². The number of benzene rings is 2. The molecule has 3 rings (SSSR count). The molecule has 1 heterocycles. The predicted molar refractivity (Wildman–Crippen MR) is 106 cm³/mol. The number of sulfonamides is 1. The van der Waals surface area contributed by atoms with Crippen LogP contribution in [0.3, 0.4) is 0 Å². The molecule has 1 atom stereocenters. The van der Waals surface area contributed by atoms with Gasteiger partial charge in [0.15, 0.2) is 0 Å². The molecule has 144 valence electrons. The maximum Gasteiger partial charge on any atom is 0.240 e. The summed E-state index contributed by atoms with van der Waals surface area (Å²) in [7, 11) is -2.03. The molecule has 5 nitrogen and oxygen atoms in total.